The van der Waals surface area contributed by atoms with Gasteiger partial charge in [0.05, 0.1) is 12.2 Å². The lowest BCUT2D eigenvalue weighted by Gasteiger charge is -2.03. The maximum atomic E-state index is 11.9. The second-order valence-corrected chi connectivity index (χ2v) is 4.42. The van der Waals surface area contributed by atoms with Crippen molar-refractivity contribution >= 4 is 5.91 Å². The van der Waals surface area contributed by atoms with Crippen LogP contribution in [0.25, 0.3) is 0 Å². The molecule has 6 heteroatoms. The van der Waals surface area contributed by atoms with E-state index in [9.17, 15) is 4.79 Å². The van der Waals surface area contributed by atoms with E-state index in [1.54, 1.807) is 23.0 Å². The van der Waals surface area contributed by atoms with E-state index in [0.29, 0.717) is 25.2 Å². The van der Waals surface area contributed by atoms with Crippen molar-refractivity contribution in [1.82, 2.24) is 20.1 Å². The summed E-state index contributed by atoms with van der Waals surface area (Å²) in [4.78, 5) is 16.0. The summed E-state index contributed by atoms with van der Waals surface area (Å²) >= 11 is 0. The van der Waals surface area contributed by atoms with Crippen molar-refractivity contribution in [3.05, 3.63) is 47.5 Å². The van der Waals surface area contributed by atoms with Crippen LogP contribution in [0, 0.1) is 11.8 Å². The van der Waals surface area contributed by atoms with Gasteiger partial charge in [-0.2, -0.15) is 5.10 Å². The molecule has 0 fully saturated rings. The van der Waals surface area contributed by atoms with E-state index in [1.807, 2.05) is 19.3 Å². The third-order valence-corrected chi connectivity index (χ3v) is 2.77. The minimum atomic E-state index is -0.204. The van der Waals surface area contributed by atoms with E-state index in [0.717, 1.165) is 11.3 Å². The second kappa shape index (κ2) is 7.22. The molecule has 0 aromatic carbocycles. The van der Waals surface area contributed by atoms with Gasteiger partial charge in [-0.3, -0.25) is 9.48 Å². The van der Waals surface area contributed by atoms with Crippen molar-refractivity contribution in [2.24, 2.45) is 12.8 Å². The summed E-state index contributed by atoms with van der Waals surface area (Å²) in [5.41, 5.74) is 7.35. The highest BCUT2D eigenvalue weighted by Gasteiger charge is 2.06. The second-order valence-electron chi connectivity index (χ2n) is 4.42. The first kappa shape index (κ1) is 14.8. The van der Waals surface area contributed by atoms with Gasteiger partial charge in [-0.05, 0) is 18.2 Å². The standard InChI is InChI=1S/C15H17N5O/c1-20-10-7-13(19-20)6-9-17-15(21)14-5-4-12(11-18-14)3-2-8-16/h4-5,7,10-11H,6,8-9,16H2,1H3,(H,17,21). The largest absolute Gasteiger partial charge is 0.350 e. The summed E-state index contributed by atoms with van der Waals surface area (Å²) < 4.78 is 1.74. The van der Waals surface area contributed by atoms with Gasteiger partial charge in [0.25, 0.3) is 5.91 Å². The molecule has 2 rings (SSSR count). The van der Waals surface area contributed by atoms with Gasteiger partial charge in [0, 0.05) is 38.0 Å². The van der Waals surface area contributed by atoms with E-state index >= 15 is 0 Å². The Bertz CT molecular complexity index is 663. The topological polar surface area (TPSA) is 85.8 Å². The van der Waals surface area contributed by atoms with Gasteiger partial charge >= 0.3 is 0 Å². The number of rotatable bonds is 4. The number of nitrogens with zero attached hydrogens (tertiary/aromatic N) is 3. The maximum absolute atomic E-state index is 11.9. The maximum Gasteiger partial charge on any atom is 0.269 e. The number of nitrogens with two attached hydrogens (primary N) is 1. The Morgan fingerprint density at radius 1 is 1.43 bits per heavy atom. The van der Waals surface area contributed by atoms with Crippen molar-refractivity contribution in [3.8, 4) is 11.8 Å². The fraction of sp³-hybridized carbons (Fsp3) is 0.267. The molecule has 6 nitrogen and oxygen atoms in total. The molecule has 0 radical (unpaired) electrons. The van der Waals surface area contributed by atoms with Crippen LogP contribution in [0.15, 0.2) is 30.6 Å². The van der Waals surface area contributed by atoms with E-state index in [4.69, 9.17) is 5.73 Å². The highest BCUT2D eigenvalue weighted by atomic mass is 16.1. The number of amides is 1. The third kappa shape index (κ3) is 4.44. The van der Waals surface area contributed by atoms with Crippen LogP contribution in [0.2, 0.25) is 0 Å². The summed E-state index contributed by atoms with van der Waals surface area (Å²) in [7, 11) is 1.86. The molecule has 0 atom stereocenters. The van der Waals surface area contributed by atoms with Crippen LogP contribution in [0.1, 0.15) is 21.7 Å². The van der Waals surface area contributed by atoms with Crippen LogP contribution in [0.5, 0.6) is 0 Å². The van der Waals surface area contributed by atoms with Gasteiger partial charge < -0.3 is 11.1 Å². The number of hydrogen-bond donors (Lipinski definition) is 2. The molecular weight excluding hydrogens is 266 g/mol. The molecule has 0 aliphatic carbocycles. The van der Waals surface area contributed by atoms with Gasteiger partial charge in [0.1, 0.15) is 5.69 Å². The normalized spacial score (nSPS) is 9.81. The highest BCUT2D eigenvalue weighted by Crippen LogP contribution is 1.99. The van der Waals surface area contributed by atoms with Crippen LogP contribution in [0.3, 0.4) is 0 Å². The van der Waals surface area contributed by atoms with Gasteiger partial charge in [-0.15, -0.1) is 0 Å². The smallest absolute Gasteiger partial charge is 0.269 e. The van der Waals surface area contributed by atoms with Crippen LogP contribution in [-0.4, -0.2) is 33.8 Å². The molecule has 2 aromatic heterocycles. The van der Waals surface area contributed by atoms with Crippen LogP contribution in [0.4, 0.5) is 0 Å². The lowest BCUT2D eigenvalue weighted by molar-refractivity contribution is 0.0949. The van der Waals surface area contributed by atoms with Gasteiger partial charge in [0.2, 0.25) is 0 Å². The molecule has 108 valence electrons. The average molecular weight is 283 g/mol. The van der Waals surface area contributed by atoms with E-state index in [2.05, 4.69) is 27.2 Å². The molecule has 0 aliphatic rings. The number of nitrogens with one attached hydrogen (secondary N) is 1. The van der Waals surface area contributed by atoms with E-state index in [-0.39, 0.29) is 5.91 Å². The molecule has 0 saturated carbocycles. The van der Waals surface area contributed by atoms with Crippen LogP contribution in [-0.2, 0) is 13.5 Å². The molecule has 0 unspecified atom stereocenters. The Hall–Kier alpha value is -2.65. The number of carbonyl (C=O) groups is 1. The summed E-state index contributed by atoms with van der Waals surface area (Å²) in [5.74, 6) is 5.39. The molecule has 2 aromatic rings. The SMILES string of the molecule is Cn1ccc(CCNC(=O)c2ccc(C#CCN)cn2)n1. The molecule has 21 heavy (non-hydrogen) atoms. The highest BCUT2D eigenvalue weighted by molar-refractivity contribution is 5.92. The molecule has 3 N–H and O–H groups in total. The van der Waals surface area contributed by atoms with Gasteiger partial charge in [0.15, 0.2) is 0 Å². The Morgan fingerprint density at radius 3 is 2.90 bits per heavy atom. The van der Waals surface area contributed by atoms with E-state index in [1.165, 1.54) is 0 Å². The Labute approximate surface area is 123 Å². The molecule has 2 heterocycles. The lowest BCUT2D eigenvalue weighted by Crippen LogP contribution is -2.26. The first-order chi connectivity index (χ1) is 10.2. The Kier molecular flexibility index (Phi) is 5.07. The van der Waals surface area contributed by atoms with E-state index < -0.39 is 0 Å². The first-order valence-electron chi connectivity index (χ1n) is 6.61. The van der Waals surface area contributed by atoms with Crippen LogP contribution < -0.4 is 11.1 Å². The molecule has 0 aliphatic heterocycles. The fourth-order valence-corrected chi connectivity index (χ4v) is 1.75. The van der Waals surface area contributed by atoms with Crippen molar-refractivity contribution in [2.75, 3.05) is 13.1 Å². The summed E-state index contributed by atoms with van der Waals surface area (Å²) in [6, 6.07) is 5.33. The molecule has 0 saturated heterocycles. The molecule has 1 amide bonds. The molecular formula is C15H17N5O. The van der Waals surface area contributed by atoms with Crippen molar-refractivity contribution in [2.45, 2.75) is 6.42 Å². The average Bonchev–Trinajstić information content (AvgIpc) is 2.91. The van der Waals surface area contributed by atoms with Crippen molar-refractivity contribution in [3.63, 3.8) is 0 Å². The fourth-order valence-electron chi connectivity index (χ4n) is 1.75. The minimum absolute atomic E-state index is 0.204. The number of pyridine rings is 1. The molecule has 0 bridgehead atoms. The summed E-state index contributed by atoms with van der Waals surface area (Å²) in [5, 5.41) is 7.06. The zero-order chi connectivity index (χ0) is 15.1. The molecule has 0 spiro atoms. The minimum Gasteiger partial charge on any atom is -0.350 e. The summed E-state index contributed by atoms with van der Waals surface area (Å²) in [6.45, 7) is 0.821. The summed E-state index contributed by atoms with van der Waals surface area (Å²) in [6.07, 6.45) is 4.13. The van der Waals surface area contributed by atoms with Crippen molar-refractivity contribution < 1.29 is 4.79 Å². The quantitative estimate of drug-likeness (QED) is 0.779. The predicted molar refractivity (Wildman–Crippen MR) is 79.4 cm³/mol. The number of hydrogen-bond acceptors (Lipinski definition) is 4. The monoisotopic (exact) mass is 283 g/mol. The Balaban J connectivity index is 1.85. The zero-order valence-corrected chi connectivity index (χ0v) is 11.8. The zero-order valence-electron chi connectivity index (χ0n) is 11.8. The predicted octanol–water partition coefficient (Wildman–Crippen LogP) is 0.0978. The first-order valence-corrected chi connectivity index (χ1v) is 6.61. The van der Waals surface area contributed by atoms with Crippen LogP contribution >= 0.6 is 0 Å². The van der Waals surface area contributed by atoms with Gasteiger partial charge in [-0.1, -0.05) is 11.8 Å². The van der Waals surface area contributed by atoms with Gasteiger partial charge in [-0.25, -0.2) is 4.98 Å². The lowest BCUT2D eigenvalue weighted by atomic mass is 10.2. The number of aryl methyl sites for hydroxylation is 1. The van der Waals surface area contributed by atoms with Crippen molar-refractivity contribution in [1.29, 1.82) is 0 Å². The Morgan fingerprint density at radius 2 is 2.29 bits per heavy atom. The third-order valence-electron chi connectivity index (χ3n) is 2.77. The number of carbonyl (C=O) groups excluding carboxylic acids is 1. The number of aromatic nitrogens is 3.